The fourth-order valence-corrected chi connectivity index (χ4v) is 6.53. The van der Waals surface area contributed by atoms with Gasteiger partial charge in [-0.05, 0) is 83.6 Å². The van der Waals surface area contributed by atoms with Crippen molar-refractivity contribution in [3.05, 3.63) is 96.1 Å². The van der Waals surface area contributed by atoms with Crippen molar-refractivity contribution in [2.75, 3.05) is 4.31 Å². The van der Waals surface area contributed by atoms with E-state index >= 15 is 0 Å². The molecule has 6 heteroatoms. The molecule has 0 fully saturated rings. The van der Waals surface area contributed by atoms with E-state index in [0.29, 0.717) is 17.7 Å². The molecule has 1 heterocycles. The summed E-state index contributed by atoms with van der Waals surface area (Å²) in [6.45, 7) is 3.67. The number of hydrogen-bond acceptors (Lipinski definition) is 4. The topological polar surface area (TPSA) is 77.8 Å². The van der Waals surface area contributed by atoms with Gasteiger partial charge in [0.05, 0.1) is 16.6 Å². The molecule has 0 bridgehead atoms. The molecule has 5 nitrogen and oxygen atoms in total. The van der Waals surface area contributed by atoms with E-state index in [1.165, 1.54) is 22.5 Å². The Bertz CT molecular complexity index is 1510. The number of sulfonamides is 1. The van der Waals surface area contributed by atoms with Crippen molar-refractivity contribution in [3.8, 4) is 33.8 Å². The van der Waals surface area contributed by atoms with Crippen LogP contribution in [0.2, 0.25) is 0 Å². The molecule has 0 radical (unpaired) electrons. The lowest BCUT2D eigenvalue weighted by atomic mass is 9.87. The van der Waals surface area contributed by atoms with Gasteiger partial charge in [-0.25, -0.2) is 8.42 Å². The number of aromatic hydroxyl groups is 2. The van der Waals surface area contributed by atoms with Crippen LogP contribution in [0.3, 0.4) is 0 Å². The molecule has 0 saturated heterocycles. The minimum atomic E-state index is -3.92. The average Bonchev–Trinajstić information content (AvgIpc) is 2.84. The molecule has 0 spiro atoms. The van der Waals surface area contributed by atoms with E-state index in [9.17, 15) is 18.6 Å². The quantitative estimate of drug-likeness (QED) is 0.361. The van der Waals surface area contributed by atoms with E-state index in [4.69, 9.17) is 0 Å². The maximum atomic E-state index is 14.0. The fraction of sp³-hybridized carbons (Fsp3) is 0.143. The molecule has 2 N–H and O–H groups in total. The molecule has 0 aromatic heterocycles. The Kier molecular flexibility index (Phi) is 5.33. The van der Waals surface area contributed by atoms with Crippen LogP contribution in [0.1, 0.15) is 30.5 Å². The van der Waals surface area contributed by atoms with Crippen LogP contribution in [0.4, 0.5) is 5.69 Å². The number of benzene rings is 4. The van der Waals surface area contributed by atoms with Crippen LogP contribution in [-0.4, -0.2) is 18.6 Å². The van der Waals surface area contributed by atoms with Crippen LogP contribution in [0.15, 0.2) is 89.8 Å². The van der Waals surface area contributed by atoms with Gasteiger partial charge in [-0.3, -0.25) is 4.31 Å². The van der Waals surface area contributed by atoms with Gasteiger partial charge in [0, 0.05) is 5.56 Å². The molecule has 1 unspecified atom stereocenters. The highest BCUT2D eigenvalue weighted by Gasteiger charge is 2.38. The molecule has 5 rings (SSSR count). The number of phenolic OH excluding ortho intramolecular Hbond substituents is 2. The van der Waals surface area contributed by atoms with Crippen molar-refractivity contribution in [1.82, 2.24) is 0 Å². The second-order valence-corrected chi connectivity index (χ2v) is 10.4. The van der Waals surface area contributed by atoms with E-state index in [-0.39, 0.29) is 22.4 Å². The molecule has 172 valence electrons. The summed E-state index contributed by atoms with van der Waals surface area (Å²) >= 11 is 0. The minimum absolute atomic E-state index is 0.0612. The normalized spacial score (nSPS) is 15.0. The number of aryl methyl sites for hydroxylation is 1. The molecular weight excluding hydrogens is 446 g/mol. The number of hydrogen-bond donors (Lipinski definition) is 2. The van der Waals surface area contributed by atoms with Crippen molar-refractivity contribution in [2.45, 2.75) is 31.2 Å². The zero-order valence-electron chi connectivity index (χ0n) is 18.9. The number of rotatable bonds is 4. The van der Waals surface area contributed by atoms with Crippen molar-refractivity contribution in [2.24, 2.45) is 0 Å². The zero-order chi connectivity index (χ0) is 24.0. The summed E-state index contributed by atoms with van der Waals surface area (Å²) in [6.07, 6.45) is 0.598. The lowest BCUT2D eigenvalue weighted by Crippen LogP contribution is -2.37. The lowest BCUT2D eigenvalue weighted by molar-refractivity contribution is 0.470. The van der Waals surface area contributed by atoms with Crippen LogP contribution in [0.25, 0.3) is 22.3 Å². The average molecular weight is 472 g/mol. The van der Waals surface area contributed by atoms with Gasteiger partial charge in [-0.2, -0.15) is 0 Å². The number of nitrogens with zero attached hydrogens (tertiary/aromatic N) is 1. The standard InChI is InChI=1S/C28H25NO4S/c1-3-26-24-10-5-4-9-23(24)25-17-20(19-7-6-8-21(30)16-19)11-13-27(25)29(26)34(32,33)22-12-14-28(31)18(2)15-22/h4-17,26,30-31H,3H2,1-2H3. The van der Waals surface area contributed by atoms with E-state index < -0.39 is 10.0 Å². The van der Waals surface area contributed by atoms with Crippen LogP contribution >= 0.6 is 0 Å². The molecule has 1 aliphatic rings. The highest BCUT2D eigenvalue weighted by molar-refractivity contribution is 7.92. The molecule has 0 amide bonds. The molecule has 1 aliphatic heterocycles. The molecule has 4 aromatic carbocycles. The summed E-state index contributed by atoms with van der Waals surface area (Å²) < 4.78 is 29.5. The van der Waals surface area contributed by atoms with Crippen LogP contribution in [-0.2, 0) is 10.0 Å². The van der Waals surface area contributed by atoms with Gasteiger partial charge < -0.3 is 10.2 Å². The first-order valence-corrected chi connectivity index (χ1v) is 12.6. The molecular formula is C28H25NO4S. The van der Waals surface area contributed by atoms with E-state index in [1.54, 1.807) is 25.1 Å². The van der Waals surface area contributed by atoms with Crippen molar-refractivity contribution in [3.63, 3.8) is 0 Å². The van der Waals surface area contributed by atoms with Gasteiger partial charge in [-0.15, -0.1) is 0 Å². The molecule has 4 aromatic rings. The third kappa shape index (κ3) is 3.51. The van der Waals surface area contributed by atoms with Gasteiger partial charge in [0.25, 0.3) is 10.0 Å². The largest absolute Gasteiger partial charge is 0.508 e. The van der Waals surface area contributed by atoms with Crippen molar-refractivity contribution < 1.29 is 18.6 Å². The second kappa shape index (κ2) is 8.22. The maximum absolute atomic E-state index is 14.0. The first-order chi connectivity index (χ1) is 16.3. The summed E-state index contributed by atoms with van der Waals surface area (Å²) in [5.74, 6) is 0.236. The van der Waals surface area contributed by atoms with E-state index in [1.807, 2.05) is 55.5 Å². The Balaban J connectivity index is 1.75. The zero-order valence-corrected chi connectivity index (χ0v) is 19.8. The summed E-state index contributed by atoms with van der Waals surface area (Å²) in [4.78, 5) is 0.142. The number of phenols is 2. The summed E-state index contributed by atoms with van der Waals surface area (Å²) in [6, 6.07) is 24.7. The first kappa shape index (κ1) is 22.0. The Hall–Kier alpha value is -3.77. The van der Waals surface area contributed by atoms with Crippen LogP contribution in [0.5, 0.6) is 11.5 Å². The number of anilines is 1. The SMILES string of the molecule is CCC1c2ccccc2-c2cc(-c3cccc(O)c3)ccc2N1S(=O)(=O)c1ccc(O)c(C)c1. The molecule has 0 aliphatic carbocycles. The van der Waals surface area contributed by atoms with Gasteiger partial charge in [0.2, 0.25) is 0 Å². The van der Waals surface area contributed by atoms with Crippen LogP contribution < -0.4 is 4.31 Å². The van der Waals surface area contributed by atoms with E-state index in [2.05, 4.69) is 0 Å². The summed E-state index contributed by atoms with van der Waals surface area (Å²) in [7, 11) is -3.92. The molecule has 34 heavy (non-hydrogen) atoms. The third-order valence-corrected chi connectivity index (χ3v) is 8.24. The molecule has 0 saturated carbocycles. The van der Waals surface area contributed by atoms with Gasteiger partial charge in [0.15, 0.2) is 0 Å². The van der Waals surface area contributed by atoms with E-state index in [0.717, 1.165) is 27.8 Å². The monoisotopic (exact) mass is 471 g/mol. The fourth-order valence-electron chi connectivity index (χ4n) is 4.72. The Morgan fingerprint density at radius 1 is 0.824 bits per heavy atom. The van der Waals surface area contributed by atoms with Gasteiger partial charge in [0.1, 0.15) is 11.5 Å². The highest BCUT2D eigenvalue weighted by Crippen LogP contribution is 2.49. The minimum Gasteiger partial charge on any atom is -0.508 e. The molecule has 1 atom stereocenters. The van der Waals surface area contributed by atoms with Crippen molar-refractivity contribution in [1.29, 1.82) is 0 Å². The number of fused-ring (bicyclic) bond motifs is 3. The Labute approximate surface area is 199 Å². The van der Waals surface area contributed by atoms with Gasteiger partial charge >= 0.3 is 0 Å². The predicted octanol–water partition coefficient (Wildman–Crippen LogP) is 6.40. The maximum Gasteiger partial charge on any atom is 0.264 e. The van der Waals surface area contributed by atoms with Crippen molar-refractivity contribution >= 4 is 15.7 Å². The Morgan fingerprint density at radius 3 is 2.32 bits per heavy atom. The predicted molar refractivity (Wildman–Crippen MR) is 135 cm³/mol. The second-order valence-electron chi connectivity index (χ2n) is 8.54. The van der Waals surface area contributed by atoms with Gasteiger partial charge in [-0.1, -0.05) is 49.4 Å². The smallest absolute Gasteiger partial charge is 0.264 e. The highest BCUT2D eigenvalue weighted by atomic mass is 32.2. The third-order valence-electron chi connectivity index (χ3n) is 6.42. The first-order valence-electron chi connectivity index (χ1n) is 11.2. The summed E-state index contributed by atoms with van der Waals surface area (Å²) in [5, 5.41) is 19.9. The Morgan fingerprint density at radius 2 is 1.59 bits per heavy atom. The summed E-state index contributed by atoms with van der Waals surface area (Å²) in [5.41, 5.74) is 5.62. The lowest BCUT2D eigenvalue weighted by Gasteiger charge is -2.39. The van der Waals surface area contributed by atoms with Crippen LogP contribution in [0, 0.1) is 6.92 Å².